The van der Waals surface area contributed by atoms with E-state index in [-0.39, 0.29) is 5.54 Å². The first-order valence-corrected chi connectivity index (χ1v) is 9.89. The Kier molecular flexibility index (Phi) is 4.90. The Morgan fingerprint density at radius 1 is 0.962 bits per heavy atom. The van der Waals surface area contributed by atoms with Gasteiger partial charge in [-0.1, -0.05) is 6.07 Å². The number of alkyl halides is 3. The molecule has 0 aromatic heterocycles. The highest BCUT2D eigenvalue weighted by Crippen LogP contribution is 2.40. The van der Waals surface area contributed by atoms with Crippen molar-refractivity contribution in [2.45, 2.75) is 56.8 Å². The first-order chi connectivity index (χ1) is 12.5. The Hall–Kier alpha value is -1.27. The largest absolute Gasteiger partial charge is 0.416 e. The maximum atomic E-state index is 13.2. The van der Waals surface area contributed by atoms with E-state index in [1.54, 1.807) is 6.07 Å². The van der Waals surface area contributed by atoms with Crippen molar-refractivity contribution < 1.29 is 13.2 Å². The molecule has 3 heterocycles. The summed E-state index contributed by atoms with van der Waals surface area (Å²) in [6.45, 7) is 5.64. The smallest absolute Gasteiger partial charge is 0.371 e. The van der Waals surface area contributed by atoms with Crippen LogP contribution in [0.3, 0.4) is 0 Å². The highest BCUT2D eigenvalue weighted by atomic mass is 19.4. The maximum Gasteiger partial charge on any atom is 0.416 e. The lowest BCUT2D eigenvalue weighted by Crippen LogP contribution is -2.50. The Balaban J connectivity index is 1.62. The Labute approximate surface area is 153 Å². The van der Waals surface area contributed by atoms with E-state index in [9.17, 15) is 13.2 Å². The number of rotatable bonds is 3. The molecular formula is C20H28F3N3. The fraction of sp³-hybridized carbons (Fsp3) is 0.700. The third kappa shape index (κ3) is 3.46. The van der Waals surface area contributed by atoms with E-state index in [1.807, 2.05) is 0 Å². The van der Waals surface area contributed by atoms with Crippen LogP contribution in [0.1, 0.15) is 49.7 Å². The van der Waals surface area contributed by atoms with Gasteiger partial charge in [0.1, 0.15) is 0 Å². The summed E-state index contributed by atoms with van der Waals surface area (Å²) in [5, 5.41) is 3.44. The minimum absolute atomic E-state index is 0.246. The zero-order valence-electron chi connectivity index (χ0n) is 15.2. The van der Waals surface area contributed by atoms with Crippen molar-refractivity contribution in [3.8, 4) is 0 Å². The van der Waals surface area contributed by atoms with Gasteiger partial charge in [0.05, 0.1) is 5.56 Å². The van der Waals surface area contributed by atoms with Crippen molar-refractivity contribution in [2.24, 2.45) is 0 Å². The van der Waals surface area contributed by atoms with Crippen molar-refractivity contribution in [1.29, 1.82) is 0 Å². The lowest BCUT2D eigenvalue weighted by molar-refractivity contribution is -0.137. The van der Waals surface area contributed by atoms with Crippen LogP contribution in [0.15, 0.2) is 18.2 Å². The van der Waals surface area contributed by atoms with Gasteiger partial charge >= 0.3 is 6.18 Å². The van der Waals surface area contributed by atoms with Gasteiger partial charge in [0.25, 0.3) is 0 Å². The summed E-state index contributed by atoms with van der Waals surface area (Å²) in [5.74, 6) is 0. The van der Waals surface area contributed by atoms with E-state index >= 15 is 0 Å². The summed E-state index contributed by atoms with van der Waals surface area (Å²) in [4.78, 5) is 4.70. The fourth-order valence-electron chi connectivity index (χ4n) is 5.03. The fourth-order valence-corrected chi connectivity index (χ4v) is 5.03. The summed E-state index contributed by atoms with van der Waals surface area (Å²) in [6, 6.07) is 4.37. The molecule has 3 aliphatic heterocycles. The Morgan fingerprint density at radius 2 is 1.69 bits per heavy atom. The molecule has 3 saturated heterocycles. The van der Waals surface area contributed by atoms with Crippen LogP contribution in [0, 0.1) is 0 Å². The monoisotopic (exact) mass is 367 g/mol. The summed E-state index contributed by atoms with van der Waals surface area (Å²) >= 11 is 0. The van der Waals surface area contributed by atoms with Crippen LogP contribution in [0.25, 0.3) is 0 Å². The van der Waals surface area contributed by atoms with Crippen LogP contribution in [-0.2, 0) is 12.7 Å². The third-order valence-electron chi connectivity index (χ3n) is 6.50. The highest BCUT2D eigenvalue weighted by Gasteiger charge is 2.41. The number of hydrogen-bond acceptors (Lipinski definition) is 3. The van der Waals surface area contributed by atoms with E-state index in [0.717, 1.165) is 76.2 Å². The van der Waals surface area contributed by atoms with Crippen LogP contribution >= 0.6 is 0 Å². The summed E-state index contributed by atoms with van der Waals surface area (Å²) < 4.78 is 39.7. The Bertz CT molecular complexity index is 632. The number of nitrogens with zero attached hydrogens (tertiary/aromatic N) is 2. The van der Waals surface area contributed by atoms with Gasteiger partial charge in [-0.3, -0.25) is 4.90 Å². The number of hydrogen-bond donors (Lipinski definition) is 1. The predicted molar refractivity (Wildman–Crippen MR) is 97.4 cm³/mol. The minimum atomic E-state index is -4.28. The number of piperidine rings is 1. The molecule has 6 heteroatoms. The number of likely N-dealkylation sites (tertiary alicyclic amines) is 1. The maximum absolute atomic E-state index is 13.2. The molecule has 26 heavy (non-hydrogen) atoms. The second-order valence-corrected chi connectivity index (χ2v) is 8.03. The van der Waals surface area contributed by atoms with Crippen LogP contribution in [-0.4, -0.2) is 43.2 Å². The van der Waals surface area contributed by atoms with Crippen LogP contribution in [0.5, 0.6) is 0 Å². The van der Waals surface area contributed by atoms with Gasteiger partial charge in [-0.2, -0.15) is 13.2 Å². The van der Waals surface area contributed by atoms with Gasteiger partial charge in [-0.25, -0.2) is 0 Å². The molecule has 4 rings (SSSR count). The molecule has 1 spiro atoms. The molecule has 0 aliphatic carbocycles. The molecule has 0 atom stereocenters. The van der Waals surface area contributed by atoms with Gasteiger partial charge in [-0.15, -0.1) is 0 Å². The first-order valence-electron chi connectivity index (χ1n) is 9.89. The quantitative estimate of drug-likeness (QED) is 0.870. The zero-order valence-corrected chi connectivity index (χ0v) is 15.2. The van der Waals surface area contributed by atoms with Crippen molar-refractivity contribution in [3.63, 3.8) is 0 Å². The standard InChI is InChI=1S/C20H28F3N3/c21-20(22,23)17-5-4-16(18(14-17)25-11-1-2-12-25)15-26-13-3-6-19(26)7-9-24-10-8-19/h4-5,14,24H,1-3,6-13,15H2. The minimum Gasteiger partial charge on any atom is -0.371 e. The average molecular weight is 367 g/mol. The number of nitrogens with one attached hydrogen (secondary N) is 1. The van der Waals surface area contributed by atoms with Gasteiger partial charge in [0.2, 0.25) is 0 Å². The summed E-state index contributed by atoms with van der Waals surface area (Å²) in [6.07, 6.45) is 2.55. The molecular weight excluding hydrogens is 339 g/mol. The molecule has 1 N–H and O–H groups in total. The molecule has 0 amide bonds. The van der Waals surface area contributed by atoms with E-state index in [4.69, 9.17) is 0 Å². The topological polar surface area (TPSA) is 18.5 Å². The van der Waals surface area contributed by atoms with Gasteiger partial charge in [-0.05, 0) is 75.9 Å². The van der Waals surface area contributed by atoms with Gasteiger partial charge < -0.3 is 10.2 Å². The SMILES string of the molecule is FC(F)(F)c1ccc(CN2CCCC23CCNCC3)c(N2CCCC2)c1. The van der Waals surface area contributed by atoms with Crippen molar-refractivity contribution in [1.82, 2.24) is 10.2 Å². The Morgan fingerprint density at radius 3 is 2.38 bits per heavy atom. The van der Waals surface area contributed by atoms with E-state index in [2.05, 4.69) is 15.1 Å². The predicted octanol–water partition coefficient (Wildman–Crippen LogP) is 4.02. The molecule has 3 nitrogen and oxygen atoms in total. The molecule has 0 saturated carbocycles. The third-order valence-corrected chi connectivity index (χ3v) is 6.50. The van der Waals surface area contributed by atoms with Crippen LogP contribution in [0.4, 0.5) is 18.9 Å². The number of halogens is 3. The average Bonchev–Trinajstić information content (AvgIpc) is 3.27. The normalized spacial score (nSPS) is 23.9. The second kappa shape index (κ2) is 7.04. The molecule has 3 fully saturated rings. The lowest BCUT2D eigenvalue weighted by atomic mass is 9.85. The van der Waals surface area contributed by atoms with E-state index in [1.165, 1.54) is 25.0 Å². The lowest BCUT2D eigenvalue weighted by Gasteiger charge is -2.42. The zero-order chi connectivity index (χ0) is 18.2. The number of anilines is 1. The molecule has 144 valence electrons. The van der Waals surface area contributed by atoms with E-state index < -0.39 is 11.7 Å². The number of benzene rings is 1. The summed E-state index contributed by atoms with van der Waals surface area (Å²) in [7, 11) is 0. The first kappa shape index (κ1) is 18.1. The second-order valence-electron chi connectivity index (χ2n) is 8.03. The van der Waals surface area contributed by atoms with Crippen molar-refractivity contribution >= 4 is 5.69 Å². The molecule has 0 unspecified atom stereocenters. The van der Waals surface area contributed by atoms with E-state index in [0.29, 0.717) is 0 Å². The van der Waals surface area contributed by atoms with Crippen molar-refractivity contribution in [2.75, 3.05) is 37.6 Å². The van der Waals surface area contributed by atoms with Crippen molar-refractivity contribution in [3.05, 3.63) is 29.3 Å². The van der Waals surface area contributed by atoms with Crippen LogP contribution in [0.2, 0.25) is 0 Å². The highest BCUT2D eigenvalue weighted by molar-refractivity contribution is 5.57. The molecule has 0 radical (unpaired) electrons. The van der Waals surface area contributed by atoms with Gasteiger partial charge in [0, 0.05) is 30.9 Å². The molecule has 1 aromatic carbocycles. The van der Waals surface area contributed by atoms with Gasteiger partial charge in [0.15, 0.2) is 0 Å². The molecule has 1 aromatic rings. The molecule has 0 bridgehead atoms. The van der Waals surface area contributed by atoms with Crippen LogP contribution < -0.4 is 10.2 Å². The molecule has 3 aliphatic rings. The summed E-state index contributed by atoms with van der Waals surface area (Å²) in [5.41, 5.74) is 1.57.